The lowest BCUT2D eigenvalue weighted by Crippen LogP contribution is -2.47. The number of anilines is 1. The lowest BCUT2D eigenvalue weighted by atomic mass is 10.0. The number of hydrogen-bond donors (Lipinski definition) is 0. The molecule has 4 aromatic rings. The molecule has 2 aliphatic rings. The summed E-state index contributed by atoms with van der Waals surface area (Å²) in [4.78, 5) is 26.5. The number of alkyl halides is 3. The van der Waals surface area contributed by atoms with E-state index in [9.17, 15) is 22.4 Å². The smallest absolute Gasteiger partial charge is 0.369 e. The predicted octanol–water partition coefficient (Wildman–Crippen LogP) is 5.00. The van der Waals surface area contributed by atoms with Gasteiger partial charge in [-0.25, -0.2) is 9.37 Å². The van der Waals surface area contributed by atoms with Gasteiger partial charge < -0.3 is 4.90 Å². The van der Waals surface area contributed by atoms with E-state index in [0.717, 1.165) is 58.3 Å². The minimum atomic E-state index is -4.36. The first-order chi connectivity index (χ1) is 19.2. The molecule has 11 heteroatoms. The van der Waals surface area contributed by atoms with E-state index in [1.54, 1.807) is 40.4 Å². The molecule has 0 bridgehead atoms. The van der Waals surface area contributed by atoms with Crippen molar-refractivity contribution in [3.05, 3.63) is 92.6 Å². The number of benzene rings is 2. The molecule has 6 nitrogen and oxygen atoms in total. The Morgan fingerprint density at radius 2 is 1.70 bits per heavy atom. The van der Waals surface area contributed by atoms with Crippen molar-refractivity contribution in [2.75, 3.05) is 44.2 Å². The average Bonchev–Trinajstić information content (AvgIpc) is 3.32. The fourth-order valence-corrected chi connectivity index (χ4v) is 6.79. The molecule has 0 N–H and O–H groups in total. The Balaban J connectivity index is 1.08. The van der Waals surface area contributed by atoms with Crippen molar-refractivity contribution in [2.45, 2.75) is 32.2 Å². The first-order valence-corrected chi connectivity index (χ1v) is 14.2. The van der Waals surface area contributed by atoms with E-state index in [4.69, 9.17) is 0 Å². The van der Waals surface area contributed by atoms with Gasteiger partial charge >= 0.3 is 6.18 Å². The van der Waals surface area contributed by atoms with Gasteiger partial charge in [-0.3, -0.25) is 19.2 Å². The summed E-state index contributed by atoms with van der Waals surface area (Å²) in [6.45, 7) is 6.13. The quantitative estimate of drug-likeness (QED) is 0.305. The van der Waals surface area contributed by atoms with E-state index < -0.39 is 11.7 Å². The summed E-state index contributed by atoms with van der Waals surface area (Å²) in [6, 6.07) is 12.0. The first-order valence-electron chi connectivity index (χ1n) is 13.4. The van der Waals surface area contributed by atoms with Crippen LogP contribution in [0.25, 0.3) is 10.2 Å². The molecule has 0 spiro atoms. The number of nitrogens with zero attached hydrogens (tertiary/aromatic N) is 5. The SMILES string of the molecule is O=c1c2c3c(sc2ncn1CCN1CCN(c2cccc(C(F)(F)F)c2)CC1)CN(Cc1ccc(F)cc1)CC3. The van der Waals surface area contributed by atoms with Gasteiger partial charge in [-0.2, -0.15) is 13.2 Å². The second-order valence-corrected chi connectivity index (χ2v) is 11.5. The molecule has 6 rings (SSSR count). The second-order valence-electron chi connectivity index (χ2n) is 10.4. The molecule has 2 aliphatic heterocycles. The summed E-state index contributed by atoms with van der Waals surface area (Å²) in [5.41, 5.74) is 2.08. The monoisotopic (exact) mass is 571 g/mol. The summed E-state index contributed by atoms with van der Waals surface area (Å²) in [7, 11) is 0. The molecule has 1 saturated heterocycles. The van der Waals surface area contributed by atoms with E-state index in [0.29, 0.717) is 45.0 Å². The third-order valence-corrected chi connectivity index (χ3v) is 8.92. The third-order valence-electron chi connectivity index (χ3n) is 7.79. The van der Waals surface area contributed by atoms with Crippen LogP contribution in [-0.2, 0) is 32.2 Å². The Kier molecular flexibility index (Phi) is 7.37. The van der Waals surface area contributed by atoms with Crippen molar-refractivity contribution in [2.24, 2.45) is 0 Å². The van der Waals surface area contributed by atoms with Crippen LogP contribution in [0.3, 0.4) is 0 Å². The number of rotatable bonds is 6. The second kappa shape index (κ2) is 10.9. The zero-order valence-electron chi connectivity index (χ0n) is 21.8. The molecule has 0 amide bonds. The molecule has 0 aliphatic carbocycles. The van der Waals surface area contributed by atoms with Crippen molar-refractivity contribution in [1.29, 1.82) is 0 Å². The Labute approximate surface area is 233 Å². The standard InChI is InChI=1S/C29H29F4N5OS/c30-22-6-4-20(5-7-22)17-36-9-8-24-25(18-36)40-27-26(24)28(39)38(19-34-27)15-12-35-10-13-37(14-11-35)23-3-1-2-21(16-23)29(31,32)33/h1-7,16,19H,8-15,17-18H2. The molecule has 1 fully saturated rings. The van der Waals surface area contributed by atoms with Gasteiger partial charge in [-0.15, -0.1) is 11.3 Å². The van der Waals surface area contributed by atoms with Crippen LogP contribution in [0, 0.1) is 5.82 Å². The van der Waals surface area contributed by atoms with Crippen molar-refractivity contribution < 1.29 is 17.6 Å². The molecule has 0 radical (unpaired) electrons. The number of piperazine rings is 1. The maximum absolute atomic E-state index is 13.5. The highest BCUT2D eigenvalue weighted by molar-refractivity contribution is 7.18. The minimum Gasteiger partial charge on any atom is -0.369 e. The van der Waals surface area contributed by atoms with Gasteiger partial charge in [-0.05, 0) is 47.9 Å². The van der Waals surface area contributed by atoms with Gasteiger partial charge in [0.2, 0.25) is 0 Å². The fraction of sp³-hybridized carbons (Fsp3) is 0.379. The lowest BCUT2D eigenvalue weighted by Gasteiger charge is -2.36. The highest BCUT2D eigenvalue weighted by Crippen LogP contribution is 2.33. The summed E-state index contributed by atoms with van der Waals surface area (Å²) in [5.74, 6) is -0.242. The maximum atomic E-state index is 13.5. The number of aromatic nitrogens is 2. The van der Waals surface area contributed by atoms with E-state index in [1.807, 2.05) is 4.90 Å². The highest BCUT2D eigenvalue weighted by Gasteiger charge is 2.31. The van der Waals surface area contributed by atoms with Gasteiger partial charge in [0.15, 0.2) is 0 Å². The molecule has 0 unspecified atom stereocenters. The van der Waals surface area contributed by atoms with Gasteiger partial charge in [0, 0.05) is 69.5 Å². The fourth-order valence-electron chi connectivity index (χ4n) is 5.57. The van der Waals surface area contributed by atoms with Crippen LogP contribution < -0.4 is 10.5 Å². The van der Waals surface area contributed by atoms with Gasteiger partial charge in [-0.1, -0.05) is 18.2 Å². The van der Waals surface area contributed by atoms with Crippen molar-refractivity contribution in [3.63, 3.8) is 0 Å². The summed E-state index contributed by atoms with van der Waals surface area (Å²) in [5, 5.41) is 0.721. The highest BCUT2D eigenvalue weighted by atomic mass is 32.1. The Morgan fingerprint density at radius 1 is 0.925 bits per heavy atom. The van der Waals surface area contributed by atoms with Crippen LogP contribution in [0.15, 0.2) is 59.7 Å². The van der Waals surface area contributed by atoms with Crippen LogP contribution >= 0.6 is 11.3 Å². The summed E-state index contributed by atoms with van der Waals surface area (Å²) >= 11 is 1.57. The van der Waals surface area contributed by atoms with Crippen molar-refractivity contribution in [3.8, 4) is 0 Å². The van der Waals surface area contributed by atoms with E-state index >= 15 is 0 Å². The van der Waals surface area contributed by atoms with Gasteiger partial charge in [0.25, 0.3) is 5.56 Å². The molecule has 0 atom stereocenters. The first kappa shape index (κ1) is 26.9. The van der Waals surface area contributed by atoms with Crippen LogP contribution in [-0.4, -0.2) is 58.6 Å². The van der Waals surface area contributed by atoms with Crippen LogP contribution in [0.5, 0.6) is 0 Å². The Morgan fingerprint density at radius 3 is 2.45 bits per heavy atom. The average molecular weight is 572 g/mol. The number of hydrogen-bond acceptors (Lipinski definition) is 6. The molecular weight excluding hydrogens is 542 g/mol. The number of thiophene rings is 1. The molecule has 210 valence electrons. The van der Waals surface area contributed by atoms with Crippen molar-refractivity contribution in [1.82, 2.24) is 19.4 Å². The minimum absolute atomic E-state index is 0.0166. The van der Waals surface area contributed by atoms with Crippen LogP contribution in [0.4, 0.5) is 23.2 Å². The van der Waals surface area contributed by atoms with Crippen LogP contribution in [0.2, 0.25) is 0 Å². The van der Waals surface area contributed by atoms with Crippen molar-refractivity contribution >= 4 is 27.2 Å². The zero-order valence-corrected chi connectivity index (χ0v) is 22.6. The molecular formula is C29H29F4N5OS. The largest absolute Gasteiger partial charge is 0.416 e. The van der Waals surface area contributed by atoms with E-state index in [2.05, 4.69) is 14.8 Å². The van der Waals surface area contributed by atoms with Gasteiger partial charge in [0.1, 0.15) is 10.6 Å². The third kappa shape index (κ3) is 5.63. The van der Waals surface area contributed by atoms with Crippen LogP contribution in [0.1, 0.15) is 21.6 Å². The lowest BCUT2D eigenvalue weighted by molar-refractivity contribution is -0.137. The summed E-state index contributed by atoms with van der Waals surface area (Å²) < 4.78 is 54.2. The van der Waals surface area contributed by atoms with E-state index in [-0.39, 0.29) is 11.4 Å². The molecule has 4 heterocycles. The molecule has 0 saturated carbocycles. The summed E-state index contributed by atoms with van der Waals surface area (Å²) in [6.07, 6.45) is -1.96. The normalized spacial score (nSPS) is 16.9. The topological polar surface area (TPSA) is 44.6 Å². The molecule has 2 aromatic carbocycles. The number of fused-ring (bicyclic) bond motifs is 3. The van der Waals surface area contributed by atoms with Gasteiger partial charge in [0.05, 0.1) is 17.3 Å². The Hall–Kier alpha value is -3.28. The Bertz CT molecular complexity index is 1560. The molecule has 2 aromatic heterocycles. The zero-order chi connectivity index (χ0) is 27.9. The number of halogens is 4. The van der Waals surface area contributed by atoms with E-state index in [1.165, 1.54) is 24.3 Å². The predicted molar refractivity (Wildman–Crippen MR) is 148 cm³/mol. The molecule has 40 heavy (non-hydrogen) atoms. The maximum Gasteiger partial charge on any atom is 0.416 e.